The molecule has 0 atom stereocenters. The molecule has 6 heteroatoms. The van der Waals surface area contributed by atoms with Crippen molar-refractivity contribution in [2.45, 2.75) is 10.6 Å². The topological polar surface area (TPSA) is 66.0 Å². The van der Waals surface area contributed by atoms with Gasteiger partial charge in [-0.2, -0.15) is 0 Å². The van der Waals surface area contributed by atoms with Crippen LogP contribution in [0.3, 0.4) is 0 Å². The average Bonchev–Trinajstić information content (AvgIpc) is 2.46. The molecule has 0 aliphatic rings. The van der Waals surface area contributed by atoms with E-state index in [1.54, 1.807) is 36.4 Å². The van der Waals surface area contributed by atoms with E-state index >= 15 is 0 Å². The predicted molar refractivity (Wildman–Crippen MR) is 85.0 cm³/mol. The number of hydrogen-bond donors (Lipinski definition) is 2. The minimum Gasteiger partial charge on any atom is -0.508 e. The standard InChI is InChI=1S/C15H11ClN2O2S/c16-9-4-5-13-12(6-9)15(20)18-14(17-13)8-21-11-3-1-2-10(19)7-11/h1-7,19H,8H2,(H,17,18,20). The quantitative estimate of drug-likeness (QED) is 0.724. The lowest BCUT2D eigenvalue weighted by Gasteiger charge is -2.04. The molecule has 0 aliphatic heterocycles. The maximum absolute atomic E-state index is 12.0. The van der Waals surface area contributed by atoms with Crippen molar-refractivity contribution in [1.82, 2.24) is 9.97 Å². The minimum atomic E-state index is -0.200. The van der Waals surface area contributed by atoms with Crippen molar-refractivity contribution >= 4 is 34.3 Å². The van der Waals surface area contributed by atoms with Crippen LogP contribution >= 0.6 is 23.4 Å². The molecule has 2 aromatic carbocycles. The highest BCUT2D eigenvalue weighted by atomic mass is 35.5. The lowest BCUT2D eigenvalue weighted by Crippen LogP contribution is -2.11. The largest absolute Gasteiger partial charge is 0.508 e. The molecule has 3 rings (SSSR count). The Balaban J connectivity index is 1.88. The Morgan fingerprint density at radius 2 is 2.10 bits per heavy atom. The zero-order valence-corrected chi connectivity index (χ0v) is 12.4. The van der Waals surface area contributed by atoms with Crippen LogP contribution in [-0.4, -0.2) is 15.1 Å². The zero-order valence-electron chi connectivity index (χ0n) is 10.8. The number of benzene rings is 2. The van der Waals surface area contributed by atoms with E-state index in [2.05, 4.69) is 9.97 Å². The summed E-state index contributed by atoms with van der Waals surface area (Å²) < 4.78 is 0. The van der Waals surface area contributed by atoms with Crippen molar-refractivity contribution in [1.29, 1.82) is 0 Å². The monoisotopic (exact) mass is 318 g/mol. The Morgan fingerprint density at radius 1 is 1.24 bits per heavy atom. The van der Waals surface area contributed by atoms with Crippen LogP contribution in [-0.2, 0) is 5.75 Å². The van der Waals surface area contributed by atoms with Gasteiger partial charge in [-0.1, -0.05) is 17.7 Å². The number of halogens is 1. The van der Waals surface area contributed by atoms with Gasteiger partial charge in [0.15, 0.2) is 0 Å². The smallest absolute Gasteiger partial charge is 0.258 e. The van der Waals surface area contributed by atoms with E-state index < -0.39 is 0 Å². The first-order valence-electron chi connectivity index (χ1n) is 6.22. The molecule has 0 fully saturated rings. The van der Waals surface area contributed by atoms with Gasteiger partial charge in [-0.3, -0.25) is 4.79 Å². The lowest BCUT2D eigenvalue weighted by atomic mass is 10.2. The maximum Gasteiger partial charge on any atom is 0.258 e. The summed E-state index contributed by atoms with van der Waals surface area (Å²) in [6.45, 7) is 0. The molecule has 1 heterocycles. The molecular weight excluding hydrogens is 308 g/mol. The molecule has 106 valence electrons. The Labute approximate surface area is 129 Å². The number of nitrogens with one attached hydrogen (secondary N) is 1. The molecule has 0 saturated heterocycles. The number of H-pyrrole nitrogens is 1. The third kappa shape index (κ3) is 3.20. The zero-order chi connectivity index (χ0) is 14.8. The number of fused-ring (bicyclic) bond motifs is 1. The van der Waals surface area contributed by atoms with Crippen LogP contribution in [0, 0.1) is 0 Å². The molecule has 0 unspecified atom stereocenters. The van der Waals surface area contributed by atoms with Gasteiger partial charge in [-0.25, -0.2) is 4.98 Å². The second-order valence-corrected chi connectivity index (χ2v) is 5.95. The average molecular weight is 319 g/mol. The number of phenols is 1. The Morgan fingerprint density at radius 3 is 2.90 bits per heavy atom. The van der Waals surface area contributed by atoms with E-state index in [9.17, 15) is 9.90 Å². The van der Waals surface area contributed by atoms with Gasteiger partial charge in [0.1, 0.15) is 11.6 Å². The fourth-order valence-electron chi connectivity index (χ4n) is 1.95. The van der Waals surface area contributed by atoms with E-state index in [-0.39, 0.29) is 11.3 Å². The molecule has 0 radical (unpaired) electrons. The number of rotatable bonds is 3. The van der Waals surface area contributed by atoms with Gasteiger partial charge in [-0.15, -0.1) is 11.8 Å². The molecule has 4 nitrogen and oxygen atoms in total. The molecule has 0 bridgehead atoms. The van der Waals surface area contributed by atoms with Crippen molar-refractivity contribution < 1.29 is 5.11 Å². The van der Waals surface area contributed by atoms with Crippen LogP contribution < -0.4 is 5.56 Å². The van der Waals surface area contributed by atoms with Gasteiger partial charge in [0.2, 0.25) is 0 Å². The molecule has 3 aromatic rings. The number of hydrogen-bond acceptors (Lipinski definition) is 4. The second kappa shape index (κ2) is 5.79. The minimum absolute atomic E-state index is 0.200. The van der Waals surface area contributed by atoms with E-state index in [0.717, 1.165) is 4.90 Å². The summed E-state index contributed by atoms with van der Waals surface area (Å²) >= 11 is 7.37. The van der Waals surface area contributed by atoms with Gasteiger partial charge in [-0.05, 0) is 36.4 Å². The Kier molecular flexibility index (Phi) is 3.86. The fourth-order valence-corrected chi connectivity index (χ4v) is 2.94. The molecule has 2 N–H and O–H groups in total. The van der Waals surface area contributed by atoms with Crippen LogP contribution in [0.5, 0.6) is 5.75 Å². The first-order valence-corrected chi connectivity index (χ1v) is 7.58. The lowest BCUT2D eigenvalue weighted by molar-refractivity contribution is 0.474. The molecule has 1 aromatic heterocycles. The van der Waals surface area contributed by atoms with Gasteiger partial charge in [0, 0.05) is 9.92 Å². The second-order valence-electron chi connectivity index (χ2n) is 4.46. The number of nitrogens with zero attached hydrogens (tertiary/aromatic N) is 1. The molecular formula is C15H11ClN2O2S. The van der Waals surface area contributed by atoms with Crippen molar-refractivity contribution in [2.75, 3.05) is 0 Å². The molecule has 0 amide bonds. The van der Waals surface area contributed by atoms with Crippen molar-refractivity contribution in [3.8, 4) is 5.75 Å². The molecule has 21 heavy (non-hydrogen) atoms. The highest BCUT2D eigenvalue weighted by molar-refractivity contribution is 7.98. The third-order valence-corrected chi connectivity index (χ3v) is 4.15. The number of thioether (sulfide) groups is 1. The van der Waals surface area contributed by atoms with Crippen LogP contribution in [0.2, 0.25) is 5.02 Å². The van der Waals surface area contributed by atoms with Crippen LogP contribution in [0.25, 0.3) is 10.9 Å². The van der Waals surface area contributed by atoms with Gasteiger partial charge >= 0.3 is 0 Å². The van der Waals surface area contributed by atoms with E-state index in [1.807, 2.05) is 6.07 Å². The fraction of sp³-hybridized carbons (Fsp3) is 0.0667. The van der Waals surface area contributed by atoms with Crippen LogP contribution in [0.4, 0.5) is 0 Å². The number of aromatic hydroxyl groups is 1. The normalized spacial score (nSPS) is 10.9. The summed E-state index contributed by atoms with van der Waals surface area (Å²) in [5, 5.41) is 10.4. The first kappa shape index (κ1) is 14.0. The summed E-state index contributed by atoms with van der Waals surface area (Å²) in [5.41, 5.74) is 0.420. The van der Waals surface area contributed by atoms with E-state index in [4.69, 9.17) is 11.6 Å². The van der Waals surface area contributed by atoms with Crippen molar-refractivity contribution in [3.63, 3.8) is 0 Å². The Bertz CT molecular complexity index is 864. The highest BCUT2D eigenvalue weighted by Crippen LogP contribution is 2.24. The number of aromatic amines is 1. The van der Waals surface area contributed by atoms with Crippen LogP contribution in [0.15, 0.2) is 52.2 Å². The summed E-state index contributed by atoms with van der Waals surface area (Å²) in [7, 11) is 0. The number of phenolic OH excluding ortho intramolecular Hbond substituents is 1. The van der Waals surface area contributed by atoms with E-state index in [1.165, 1.54) is 11.8 Å². The van der Waals surface area contributed by atoms with Crippen molar-refractivity contribution in [3.05, 3.63) is 63.7 Å². The molecule has 0 spiro atoms. The van der Waals surface area contributed by atoms with Gasteiger partial charge < -0.3 is 10.1 Å². The first-order chi connectivity index (χ1) is 10.1. The summed E-state index contributed by atoms with van der Waals surface area (Å²) in [4.78, 5) is 20.1. The predicted octanol–water partition coefficient (Wildman–Crippen LogP) is 3.57. The number of aromatic nitrogens is 2. The van der Waals surface area contributed by atoms with Gasteiger partial charge in [0.05, 0.1) is 16.7 Å². The van der Waals surface area contributed by atoms with Crippen molar-refractivity contribution in [2.24, 2.45) is 0 Å². The third-order valence-electron chi connectivity index (χ3n) is 2.91. The summed E-state index contributed by atoms with van der Waals surface area (Å²) in [6, 6.07) is 12.0. The van der Waals surface area contributed by atoms with Gasteiger partial charge in [0.25, 0.3) is 5.56 Å². The SMILES string of the molecule is O=c1[nH]c(CSc2cccc(O)c2)nc2ccc(Cl)cc12. The summed E-state index contributed by atoms with van der Waals surface area (Å²) in [5.74, 6) is 1.31. The Hall–Kier alpha value is -1.98. The highest BCUT2D eigenvalue weighted by Gasteiger charge is 2.05. The molecule has 0 saturated carbocycles. The molecule has 0 aliphatic carbocycles. The van der Waals surface area contributed by atoms with Crippen LogP contribution in [0.1, 0.15) is 5.82 Å². The summed E-state index contributed by atoms with van der Waals surface area (Å²) in [6.07, 6.45) is 0. The maximum atomic E-state index is 12.0. The van der Waals surface area contributed by atoms with E-state index in [0.29, 0.717) is 27.5 Å².